The number of hydrogen-bond acceptors (Lipinski definition) is 2. The third-order valence-electron chi connectivity index (χ3n) is 3.23. The van der Waals surface area contributed by atoms with Crippen molar-refractivity contribution in [2.24, 2.45) is 5.10 Å². The fourth-order valence-corrected chi connectivity index (χ4v) is 1.84. The smallest absolute Gasteiger partial charge is 0.209 e. The quantitative estimate of drug-likeness (QED) is 0.314. The van der Waals surface area contributed by atoms with Crippen molar-refractivity contribution < 1.29 is 0 Å². The van der Waals surface area contributed by atoms with Gasteiger partial charge in [0, 0.05) is 6.54 Å². The van der Waals surface area contributed by atoms with Crippen molar-refractivity contribution in [2.45, 2.75) is 20.4 Å². The van der Waals surface area contributed by atoms with Gasteiger partial charge in [0.2, 0.25) is 5.96 Å². The highest BCUT2D eigenvalue weighted by atomic mass is 127. The van der Waals surface area contributed by atoms with Crippen LogP contribution in [0.2, 0.25) is 0 Å². The standard InChI is InChI=1S/C17H20N4.HI/c1-13-8-9-16(10-14(13)2)12-20-21-17(18)19-11-15-6-4-3-5-7-15;/h3-10,12H,11H2,1-2H3,(H3,18,19,21);1H/b20-12+;. The number of nitrogens with one attached hydrogen (secondary N) is 3. The number of benzene rings is 2. The van der Waals surface area contributed by atoms with Crippen LogP contribution in [0.3, 0.4) is 0 Å². The Labute approximate surface area is 148 Å². The molecule has 2 rings (SSSR count). The normalized spacial score (nSPS) is 10.1. The van der Waals surface area contributed by atoms with Crippen molar-refractivity contribution in [2.75, 3.05) is 0 Å². The molecule has 0 aromatic heterocycles. The Kier molecular flexibility index (Phi) is 7.59. The highest BCUT2D eigenvalue weighted by Crippen LogP contribution is 2.07. The average Bonchev–Trinajstić information content (AvgIpc) is 2.50. The highest BCUT2D eigenvalue weighted by molar-refractivity contribution is 14.0. The lowest BCUT2D eigenvalue weighted by atomic mass is 10.1. The highest BCUT2D eigenvalue weighted by Gasteiger charge is 1.95. The van der Waals surface area contributed by atoms with E-state index in [1.54, 1.807) is 6.21 Å². The summed E-state index contributed by atoms with van der Waals surface area (Å²) in [6.45, 7) is 4.76. The van der Waals surface area contributed by atoms with Gasteiger partial charge in [-0.3, -0.25) is 5.41 Å². The number of hydrogen-bond donors (Lipinski definition) is 3. The number of guanidine groups is 1. The topological polar surface area (TPSA) is 60.3 Å². The predicted molar refractivity (Wildman–Crippen MR) is 103 cm³/mol. The van der Waals surface area contributed by atoms with Crippen LogP contribution in [0.4, 0.5) is 0 Å². The summed E-state index contributed by atoms with van der Waals surface area (Å²) >= 11 is 0. The van der Waals surface area contributed by atoms with E-state index in [9.17, 15) is 0 Å². The molecule has 0 atom stereocenters. The Morgan fingerprint density at radius 3 is 2.50 bits per heavy atom. The molecule has 0 heterocycles. The summed E-state index contributed by atoms with van der Waals surface area (Å²) in [5, 5.41) is 14.8. The van der Waals surface area contributed by atoms with Crippen LogP contribution in [-0.4, -0.2) is 12.2 Å². The first-order chi connectivity index (χ1) is 10.1. The lowest BCUT2D eigenvalue weighted by Crippen LogP contribution is -2.32. The van der Waals surface area contributed by atoms with E-state index in [0.717, 1.165) is 11.1 Å². The molecule has 5 heteroatoms. The minimum atomic E-state index is 0. The molecule has 0 aliphatic heterocycles. The van der Waals surface area contributed by atoms with E-state index >= 15 is 0 Å². The van der Waals surface area contributed by atoms with E-state index < -0.39 is 0 Å². The number of aryl methyl sites for hydroxylation is 2. The molecule has 0 radical (unpaired) electrons. The maximum Gasteiger partial charge on any atom is 0.209 e. The van der Waals surface area contributed by atoms with Crippen LogP contribution in [0, 0.1) is 19.3 Å². The molecule has 22 heavy (non-hydrogen) atoms. The number of nitrogens with zero attached hydrogens (tertiary/aromatic N) is 1. The molecule has 0 fully saturated rings. The van der Waals surface area contributed by atoms with Crippen LogP contribution in [0.5, 0.6) is 0 Å². The van der Waals surface area contributed by atoms with Gasteiger partial charge in [0.25, 0.3) is 0 Å². The summed E-state index contributed by atoms with van der Waals surface area (Å²) in [5.74, 6) is 0.180. The lowest BCUT2D eigenvalue weighted by Gasteiger charge is -2.06. The second-order valence-electron chi connectivity index (χ2n) is 4.93. The molecule has 0 unspecified atom stereocenters. The van der Waals surface area contributed by atoms with Gasteiger partial charge in [-0.05, 0) is 36.1 Å². The van der Waals surface area contributed by atoms with Crippen molar-refractivity contribution in [3.63, 3.8) is 0 Å². The summed E-state index contributed by atoms with van der Waals surface area (Å²) < 4.78 is 0. The van der Waals surface area contributed by atoms with Crippen molar-refractivity contribution in [3.8, 4) is 0 Å². The van der Waals surface area contributed by atoms with Gasteiger partial charge < -0.3 is 5.32 Å². The van der Waals surface area contributed by atoms with Crippen LogP contribution in [0.25, 0.3) is 0 Å². The monoisotopic (exact) mass is 408 g/mol. The van der Waals surface area contributed by atoms with Gasteiger partial charge in [-0.2, -0.15) is 5.10 Å². The summed E-state index contributed by atoms with van der Waals surface area (Å²) in [6.07, 6.45) is 1.71. The maximum absolute atomic E-state index is 7.74. The van der Waals surface area contributed by atoms with E-state index in [-0.39, 0.29) is 29.9 Å². The van der Waals surface area contributed by atoms with E-state index in [1.165, 1.54) is 11.1 Å². The molecule has 0 aliphatic carbocycles. The summed E-state index contributed by atoms with van der Waals surface area (Å²) in [6, 6.07) is 16.1. The zero-order valence-corrected chi connectivity index (χ0v) is 15.1. The molecule has 2 aromatic carbocycles. The van der Waals surface area contributed by atoms with E-state index in [4.69, 9.17) is 5.41 Å². The Bertz CT molecular complexity index is 638. The SMILES string of the molecule is Cc1ccc(/C=N/NC(=N)NCc2ccccc2)cc1C.I. The Morgan fingerprint density at radius 2 is 1.82 bits per heavy atom. The van der Waals surface area contributed by atoms with Crippen LogP contribution < -0.4 is 10.7 Å². The third-order valence-corrected chi connectivity index (χ3v) is 3.23. The first-order valence-electron chi connectivity index (χ1n) is 6.88. The third kappa shape index (κ3) is 5.85. The van der Waals surface area contributed by atoms with Crippen LogP contribution >= 0.6 is 24.0 Å². The summed E-state index contributed by atoms with van der Waals surface area (Å²) in [5.41, 5.74) is 7.31. The Balaban J connectivity index is 0.00000242. The Morgan fingerprint density at radius 1 is 1.09 bits per heavy atom. The number of hydrazone groups is 1. The summed E-state index contributed by atoms with van der Waals surface area (Å²) in [7, 11) is 0. The second-order valence-corrected chi connectivity index (χ2v) is 4.93. The molecular weight excluding hydrogens is 387 g/mol. The average molecular weight is 408 g/mol. The first kappa shape index (κ1) is 18.2. The molecule has 0 aliphatic rings. The summed E-state index contributed by atoms with van der Waals surface area (Å²) in [4.78, 5) is 0. The van der Waals surface area contributed by atoms with Gasteiger partial charge in [0.05, 0.1) is 6.21 Å². The van der Waals surface area contributed by atoms with Crippen molar-refractivity contribution >= 4 is 36.2 Å². The van der Waals surface area contributed by atoms with Crippen molar-refractivity contribution in [3.05, 3.63) is 70.8 Å². The molecule has 0 saturated heterocycles. The molecular formula is C17H21IN4. The van der Waals surface area contributed by atoms with E-state index in [0.29, 0.717) is 6.54 Å². The molecule has 0 saturated carbocycles. The van der Waals surface area contributed by atoms with Gasteiger partial charge in [-0.25, -0.2) is 5.43 Å². The van der Waals surface area contributed by atoms with Crippen LogP contribution in [-0.2, 0) is 6.54 Å². The largest absolute Gasteiger partial charge is 0.351 e. The molecule has 2 aromatic rings. The van der Waals surface area contributed by atoms with Gasteiger partial charge >= 0.3 is 0 Å². The first-order valence-corrected chi connectivity index (χ1v) is 6.88. The van der Waals surface area contributed by atoms with E-state index in [2.05, 4.69) is 41.8 Å². The van der Waals surface area contributed by atoms with Crippen molar-refractivity contribution in [1.82, 2.24) is 10.7 Å². The number of halogens is 1. The lowest BCUT2D eigenvalue weighted by molar-refractivity contribution is 0.837. The van der Waals surface area contributed by atoms with Crippen LogP contribution in [0.15, 0.2) is 53.6 Å². The molecule has 4 nitrogen and oxygen atoms in total. The van der Waals surface area contributed by atoms with Gasteiger partial charge in [-0.1, -0.05) is 48.5 Å². The minimum Gasteiger partial charge on any atom is -0.351 e. The maximum atomic E-state index is 7.74. The van der Waals surface area contributed by atoms with Gasteiger partial charge in [0.1, 0.15) is 0 Å². The van der Waals surface area contributed by atoms with Gasteiger partial charge in [0.15, 0.2) is 0 Å². The van der Waals surface area contributed by atoms with Crippen molar-refractivity contribution in [1.29, 1.82) is 5.41 Å². The predicted octanol–water partition coefficient (Wildman–Crippen LogP) is 3.57. The molecule has 0 spiro atoms. The zero-order valence-electron chi connectivity index (χ0n) is 12.8. The van der Waals surface area contributed by atoms with E-state index in [1.807, 2.05) is 36.4 Å². The fourth-order valence-electron chi connectivity index (χ4n) is 1.84. The molecule has 0 bridgehead atoms. The Hall–Kier alpha value is -1.89. The van der Waals surface area contributed by atoms with Crippen LogP contribution in [0.1, 0.15) is 22.3 Å². The molecule has 3 N–H and O–H groups in total. The minimum absolute atomic E-state index is 0. The van der Waals surface area contributed by atoms with Gasteiger partial charge in [-0.15, -0.1) is 24.0 Å². The fraction of sp³-hybridized carbons (Fsp3) is 0.176. The zero-order chi connectivity index (χ0) is 15.1. The molecule has 116 valence electrons. The molecule has 0 amide bonds. The number of rotatable bonds is 4. The second kappa shape index (κ2) is 9.19.